The molecule has 0 N–H and O–H groups in total. The van der Waals surface area contributed by atoms with Gasteiger partial charge in [0.2, 0.25) is 10.0 Å². The standard InChI is InChI=1S/C35H34Cl2F4N2O4S/c1-2-18-34(21-35(39,40)41)33(44)43(31(23-12-14-25(36)15-13-23)32(47-34)24-6-5-7-26(37)19-24)30(22-10-11-22)20-42(48(45,46)27-16-17-27)29-9-4-3-8-28(29)38/h2-9,12-15,19,22,27,30-32H,1,10-11,16-18,20-21H2/t30-,31-,32-,34+/m1/s1. The summed E-state index contributed by atoms with van der Waals surface area (Å²) in [7, 11) is -4.09. The number of sulfonamides is 1. The van der Waals surface area contributed by atoms with Gasteiger partial charge in [-0.2, -0.15) is 13.2 Å². The third kappa shape index (κ3) is 7.11. The number of carbonyl (C=O) groups is 1. The van der Waals surface area contributed by atoms with Gasteiger partial charge in [0, 0.05) is 16.5 Å². The largest absolute Gasteiger partial charge is 0.392 e. The zero-order valence-corrected chi connectivity index (χ0v) is 28.1. The van der Waals surface area contributed by atoms with Crippen LogP contribution in [0.3, 0.4) is 0 Å². The fourth-order valence-corrected chi connectivity index (χ4v) is 8.89. The van der Waals surface area contributed by atoms with Crippen LogP contribution in [0.2, 0.25) is 10.0 Å². The van der Waals surface area contributed by atoms with Gasteiger partial charge in [0.15, 0.2) is 5.60 Å². The first-order valence-corrected chi connectivity index (χ1v) is 18.0. The molecule has 13 heteroatoms. The average Bonchev–Trinajstić information content (AvgIpc) is 3.94. The summed E-state index contributed by atoms with van der Waals surface area (Å²) in [6.07, 6.45) is -4.88. The molecule has 3 fully saturated rings. The zero-order chi connectivity index (χ0) is 34.4. The first-order chi connectivity index (χ1) is 22.7. The van der Waals surface area contributed by atoms with Crippen molar-refractivity contribution in [1.82, 2.24) is 4.90 Å². The SMILES string of the molecule is C=CC[C@@]1(CC(F)(F)F)O[C@H](c2cccc(Cl)c2)[C@@H](c2ccc(Cl)cc2)N([C@H](CN(c2ccccc2F)S(=O)(=O)C2CC2)C2CC2)C1=O. The number of nitrogens with zero attached hydrogens (tertiary/aromatic N) is 2. The minimum atomic E-state index is -4.82. The van der Waals surface area contributed by atoms with Gasteiger partial charge in [0.05, 0.1) is 36.0 Å². The van der Waals surface area contributed by atoms with Crippen LogP contribution in [0.4, 0.5) is 23.2 Å². The number of hydrogen-bond acceptors (Lipinski definition) is 4. The molecule has 2 saturated carbocycles. The summed E-state index contributed by atoms with van der Waals surface area (Å²) in [5.41, 5.74) is -1.69. The number of amides is 1. The van der Waals surface area contributed by atoms with Crippen molar-refractivity contribution in [2.75, 3.05) is 10.8 Å². The molecular formula is C35H34Cl2F4N2O4S. The Labute approximate surface area is 287 Å². The normalized spacial score (nSPS) is 24.0. The lowest BCUT2D eigenvalue weighted by Crippen LogP contribution is -2.64. The first kappa shape index (κ1) is 34.7. The highest BCUT2D eigenvalue weighted by atomic mass is 35.5. The van der Waals surface area contributed by atoms with Crippen LogP contribution in [0.25, 0.3) is 0 Å². The van der Waals surface area contributed by atoms with E-state index in [9.17, 15) is 26.4 Å². The van der Waals surface area contributed by atoms with Crippen LogP contribution in [0.1, 0.15) is 61.8 Å². The summed E-state index contributed by atoms with van der Waals surface area (Å²) in [5, 5.41) is -0.0287. The number of hydrogen-bond donors (Lipinski definition) is 0. The summed E-state index contributed by atoms with van der Waals surface area (Å²) in [4.78, 5) is 16.3. The Morgan fingerprint density at radius 3 is 2.25 bits per heavy atom. The van der Waals surface area contributed by atoms with Crippen LogP contribution in [-0.2, 0) is 19.6 Å². The van der Waals surface area contributed by atoms with E-state index < -0.39 is 69.8 Å². The molecule has 1 aliphatic heterocycles. The Kier molecular flexibility index (Phi) is 9.63. The summed E-state index contributed by atoms with van der Waals surface area (Å²) in [6.45, 7) is 3.29. The highest BCUT2D eigenvalue weighted by molar-refractivity contribution is 7.93. The van der Waals surface area contributed by atoms with Gasteiger partial charge >= 0.3 is 6.18 Å². The van der Waals surface area contributed by atoms with Crippen molar-refractivity contribution in [2.45, 2.75) is 73.7 Å². The molecule has 3 aromatic rings. The van der Waals surface area contributed by atoms with Crippen LogP contribution in [0, 0.1) is 11.7 Å². The molecule has 1 saturated heterocycles. The second kappa shape index (κ2) is 13.3. The van der Waals surface area contributed by atoms with Gasteiger partial charge in [-0.15, -0.1) is 6.58 Å². The lowest BCUT2D eigenvalue weighted by molar-refractivity contribution is -0.239. The number of alkyl halides is 3. The van der Waals surface area contributed by atoms with Crippen molar-refractivity contribution >= 4 is 44.8 Å². The molecule has 3 aromatic carbocycles. The van der Waals surface area contributed by atoms with Gasteiger partial charge in [-0.05, 0) is 79.1 Å². The Hall–Kier alpha value is -3.12. The summed E-state index contributed by atoms with van der Waals surface area (Å²) in [6, 6.07) is 16.5. The second-order valence-electron chi connectivity index (χ2n) is 12.7. The summed E-state index contributed by atoms with van der Waals surface area (Å²) in [5.74, 6) is -2.00. The molecule has 0 spiro atoms. The Morgan fingerprint density at radius 2 is 1.67 bits per heavy atom. The van der Waals surface area contributed by atoms with Crippen LogP contribution >= 0.6 is 23.2 Å². The van der Waals surface area contributed by atoms with E-state index in [-0.39, 0.29) is 18.2 Å². The van der Waals surface area contributed by atoms with E-state index in [4.69, 9.17) is 27.9 Å². The van der Waals surface area contributed by atoms with Crippen LogP contribution in [0.15, 0.2) is 85.5 Å². The van der Waals surface area contributed by atoms with Gasteiger partial charge in [-0.1, -0.05) is 65.7 Å². The Balaban J connectivity index is 1.57. The highest BCUT2D eigenvalue weighted by Crippen LogP contribution is 2.53. The zero-order valence-electron chi connectivity index (χ0n) is 25.8. The second-order valence-corrected chi connectivity index (χ2v) is 15.7. The van der Waals surface area contributed by atoms with E-state index in [0.29, 0.717) is 46.9 Å². The number of carbonyl (C=O) groups excluding carboxylic acids is 1. The molecular weight excluding hydrogens is 691 g/mol. The predicted molar refractivity (Wildman–Crippen MR) is 177 cm³/mol. The fourth-order valence-electron chi connectivity index (χ4n) is 6.69. The van der Waals surface area contributed by atoms with E-state index in [2.05, 4.69) is 6.58 Å². The van der Waals surface area contributed by atoms with Gasteiger partial charge < -0.3 is 9.64 Å². The molecule has 0 unspecified atom stereocenters. The molecule has 0 bridgehead atoms. The molecule has 2 aliphatic carbocycles. The molecule has 6 nitrogen and oxygen atoms in total. The molecule has 6 rings (SSSR count). The number of ether oxygens (including phenoxy) is 1. The van der Waals surface area contributed by atoms with E-state index in [1.165, 1.54) is 29.2 Å². The van der Waals surface area contributed by atoms with E-state index in [0.717, 1.165) is 10.4 Å². The lowest BCUT2D eigenvalue weighted by atomic mass is 9.83. The van der Waals surface area contributed by atoms with Crippen molar-refractivity contribution in [2.24, 2.45) is 5.92 Å². The minimum absolute atomic E-state index is 0.183. The van der Waals surface area contributed by atoms with E-state index >= 15 is 4.39 Å². The molecule has 3 aliphatic rings. The quantitative estimate of drug-likeness (QED) is 0.138. The number of benzene rings is 3. The van der Waals surface area contributed by atoms with E-state index in [1.54, 1.807) is 48.5 Å². The van der Waals surface area contributed by atoms with Gasteiger partial charge in [0.25, 0.3) is 5.91 Å². The van der Waals surface area contributed by atoms with E-state index in [1.807, 2.05) is 0 Å². The molecule has 4 atom stereocenters. The molecule has 256 valence electrons. The fraction of sp³-hybridized carbons (Fsp3) is 0.400. The molecule has 1 amide bonds. The number of morpholine rings is 1. The third-order valence-electron chi connectivity index (χ3n) is 9.16. The van der Waals surface area contributed by atoms with Crippen molar-refractivity contribution in [3.8, 4) is 0 Å². The topological polar surface area (TPSA) is 66.9 Å². The Morgan fingerprint density at radius 1 is 0.979 bits per heavy atom. The maximum atomic E-state index is 15.4. The molecule has 0 radical (unpaired) electrons. The number of para-hydroxylation sites is 1. The van der Waals surface area contributed by atoms with Gasteiger partial charge in [-0.25, -0.2) is 12.8 Å². The van der Waals surface area contributed by atoms with Crippen molar-refractivity contribution < 1.29 is 35.5 Å². The summed E-state index contributed by atoms with van der Waals surface area (Å²) >= 11 is 12.6. The number of halogens is 6. The number of anilines is 1. The highest BCUT2D eigenvalue weighted by Gasteiger charge is 2.60. The molecule has 48 heavy (non-hydrogen) atoms. The smallest absolute Gasteiger partial charge is 0.354 e. The maximum absolute atomic E-state index is 15.4. The van der Waals surface area contributed by atoms with Crippen LogP contribution in [-0.4, -0.2) is 48.8 Å². The Bertz CT molecular complexity index is 1780. The maximum Gasteiger partial charge on any atom is 0.392 e. The third-order valence-corrected chi connectivity index (χ3v) is 11.9. The lowest BCUT2D eigenvalue weighted by Gasteiger charge is -2.53. The van der Waals surface area contributed by atoms with Crippen molar-refractivity contribution in [3.63, 3.8) is 0 Å². The van der Waals surface area contributed by atoms with Crippen LogP contribution < -0.4 is 4.31 Å². The predicted octanol–water partition coefficient (Wildman–Crippen LogP) is 8.82. The minimum Gasteiger partial charge on any atom is -0.354 e. The van der Waals surface area contributed by atoms with Crippen molar-refractivity contribution in [3.05, 3.63) is 112 Å². The molecule has 1 heterocycles. The van der Waals surface area contributed by atoms with Crippen molar-refractivity contribution in [1.29, 1.82) is 0 Å². The average molecular weight is 726 g/mol. The first-order valence-electron chi connectivity index (χ1n) is 15.7. The van der Waals surface area contributed by atoms with Gasteiger partial charge in [0.1, 0.15) is 11.9 Å². The molecule has 0 aromatic heterocycles. The monoisotopic (exact) mass is 724 g/mol. The van der Waals surface area contributed by atoms with Gasteiger partial charge in [-0.3, -0.25) is 9.10 Å². The summed E-state index contributed by atoms with van der Waals surface area (Å²) < 4.78 is 93.9. The number of rotatable bonds is 12. The van der Waals surface area contributed by atoms with Crippen LogP contribution in [0.5, 0.6) is 0 Å².